The summed E-state index contributed by atoms with van der Waals surface area (Å²) in [5.74, 6) is -2.18. The van der Waals surface area contributed by atoms with E-state index in [-0.39, 0.29) is 6.61 Å². The molecular weight excluding hydrogens is 257 g/mol. The summed E-state index contributed by atoms with van der Waals surface area (Å²) < 4.78 is 42.2. The van der Waals surface area contributed by atoms with Crippen molar-refractivity contribution in [3.05, 3.63) is 42.0 Å². The van der Waals surface area contributed by atoms with Crippen LogP contribution in [-0.2, 0) is 9.53 Å². The number of carbonyl (C=O) groups excluding carboxylic acids is 1. The van der Waals surface area contributed by atoms with Crippen LogP contribution < -0.4 is 0 Å². The number of carbonyl (C=O) groups is 1. The third kappa shape index (κ3) is 4.77. The molecule has 0 amide bonds. The maximum absolute atomic E-state index is 12.5. The summed E-state index contributed by atoms with van der Waals surface area (Å²) in [5, 5.41) is 0. The van der Waals surface area contributed by atoms with E-state index in [0.717, 1.165) is 5.56 Å². The molecule has 0 radical (unpaired) electrons. The molecule has 5 heteroatoms. The van der Waals surface area contributed by atoms with Gasteiger partial charge in [-0.15, -0.1) is 0 Å². The van der Waals surface area contributed by atoms with Crippen molar-refractivity contribution in [1.29, 1.82) is 0 Å². The van der Waals surface area contributed by atoms with E-state index in [1.54, 1.807) is 25.1 Å². The van der Waals surface area contributed by atoms with Gasteiger partial charge in [0.1, 0.15) is 0 Å². The monoisotopic (exact) mass is 272 g/mol. The van der Waals surface area contributed by atoms with Crippen LogP contribution in [0.3, 0.4) is 0 Å². The maximum atomic E-state index is 12.5. The van der Waals surface area contributed by atoms with Crippen molar-refractivity contribution >= 4 is 12.0 Å². The van der Waals surface area contributed by atoms with Gasteiger partial charge in [-0.1, -0.05) is 36.9 Å². The van der Waals surface area contributed by atoms with E-state index >= 15 is 0 Å². The summed E-state index contributed by atoms with van der Waals surface area (Å²) in [7, 11) is 0. The summed E-state index contributed by atoms with van der Waals surface area (Å²) in [6.45, 7) is 5.17. The fraction of sp³-hybridized carbons (Fsp3) is 0.357. The van der Waals surface area contributed by atoms with Gasteiger partial charge in [0.25, 0.3) is 0 Å². The fourth-order valence-electron chi connectivity index (χ4n) is 1.68. The van der Waals surface area contributed by atoms with Crippen LogP contribution >= 0.6 is 0 Å². The zero-order chi connectivity index (χ0) is 14.5. The Labute approximate surface area is 109 Å². The smallest absolute Gasteiger partial charge is 0.390 e. The molecule has 0 aliphatic rings. The van der Waals surface area contributed by atoms with E-state index in [0.29, 0.717) is 5.56 Å². The molecule has 19 heavy (non-hydrogen) atoms. The first-order valence-electron chi connectivity index (χ1n) is 5.83. The van der Waals surface area contributed by atoms with E-state index < -0.39 is 24.5 Å². The van der Waals surface area contributed by atoms with Crippen molar-refractivity contribution in [1.82, 2.24) is 0 Å². The first-order valence-corrected chi connectivity index (χ1v) is 5.83. The van der Waals surface area contributed by atoms with Crippen LogP contribution in [0.25, 0.3) is 6.08 Å². The molecule has 0 aromatic heterocycles. The van der Waals surface area contributed by atoms with Gasteiger partial charge in [0.15, 0.2) is 0 Å². The molecule has 2 nitrogen and oxygen atoms in total. The number of rotatable bonds is 5. The topological polar surface area (TPSA) is 26.3 Å². The van der Waals surface area contributed by atoms with Crippen molar-refractivity contribution in [2.75, 3.05) is 6.61 Å². The van der Waals surface area contributed by atoms with Crippen LogP contribution in [0.15, 0.2) is 30.8 Å². The van der Waals surface area contributed by atoms with Crippen LogP contribution in [0.5, 0.6) is 0 Å². The quantitative estimate of drug-likeness (QED) is 0.759. The summed E-state index contributed by atoms with van der Waals surface area (Å²) in [6.07, 6.45) is -4.07. The van der Waals surface area contributed by atoms with Gasteiger partial charge in [-0.05, 0) is 18.1 Å². The third-order valence-corrected chi connectivity index (χ3v) is 2.58. The van der Waals surface area contributed by atoms with E-state index in [1.165, 1.54) is 12.1 Å². The molecule has 0 spiro atoms. The molecule has 104 valence electrons. The summed E-state index contributed by atoms with van der Waals surface area (Å²) in [6, 6.07) is 6.21. The SMILES string of the molecule is C=Cc1ccc(C(CC(F)(F)F)C(=O)OCC)cc1. The second-order valence-corrected chi connectivity index (χ2v) is 3.99. The Morgan fingerprint density at radius 3 is 2.37 bits per heavy atom. The first kappa shape index (κ1) is 15.3. The van der Waals surface area contributed by atoms with Crippen molar-refractivity contribution in [3.8, 4) is 0 Å². The molecule has 0 fully saturated rings. The van der Waals surface area contributed by atoms with Crippen molar-refractivity contribution in [2.45, 2.75) is 25.4 Å². The average molecular weight is 272 g/mol. The van der Waals surface area contributed by atoms with E-state index in [1.807, 2.05) is 0 Å². The number of halogens is 3. The fourth-order valence-corrected chi connectivity index (χ4v) is 1.68. The number of alkyl halides is 3. The number of hydrogen-bond donors (Lipinski definition) is 0. The molecule has 0 saturated carbocycles. The van der Waals surface area contributed by atoms with Gasteiger partial charge < -0.3 is 4.74 Å². The molecule has 1 aromatic carbocycles. The Bertz CT molecular complexity index is 435. The molecule has 0 bridgehead atoms. The lowest BCUT2D eigenvalue weighted by atomic mass is 9.94. The van der Waals surface area contributed by atoms with Gasteiger partial charge in [-0.25, -0.2) is 0 Å². The lowest BCUT2D eigenvalue weighted by Gasteiger charge is -2.17. The zero-order valence-corrected chi connectivity index (χ0v) is 10.5. The summed E-state index contributed by atoms with van der Waals surface area (Å²) in [5.41, 5.74) is 1.07. The molecule has 1 aromatic rings. The highest BCUT2D eigenvalue weighted by Gasteiger charge is 2.37. The van der Waals surface area contributed by atoms with E-state index in [9.17, 15) is 18.0 Å². The molecular formula is C14H15F3O2. The second kappa shape index (κ2) is 6.41. The maximum Gasteiger partial charge on any atom is 0.390 e. The number of esters is 1. The van der Waals surface area contributed by atoms with E-state index in [4.69, 9.17) is 4.74 Å². The Morgan fingerprint density at radius 2 is 1.95 bits per heavy atom. The highest BCUT2D eigenvalue weighted by molar-refractivity contribution is 5.78. The van der Waals surface area contributed by atoms with Crippen molar-refractivity contribution in [3.63, 3.8) is 0 Å². The van der Waals surface area contributed by atoms with Crippen LogP contribution in [0.1, 0.15) is 30.4 Å². The molecule has 1 unspecified atom stereocenters. The highest BCUT2D eigenvalue weighted by Crippen LogP contribution is 2.32. The lowest BCUT2D eigenvalue weighted by molar-refractivity contribution is -0.161. The van der Waals surface area contributed by atoms with Crippen molar-refractivity contribution < 1.29 is 22.7 Å². The van der Waals surface area contributed by atoms with E-state index in [2.05, 4.69) is 6.58 Å². The van der Waals surface area contributed by atoms with Crippen LogP contribution in [0.2, 0.25) is 0 Å². The molecule has 1 atom stereocenters. The number of ether oxygens (including phenoxy) is 1. The standard InChI is InChI=1S/C14H15F3O2/c1-3-10-5-7-11(8-6-10)12(9-14(15,16)17)13(18)19-4-2/h3,5-8,12H,1,4,9H2,2H3. The third-order valence-electron chi connectivity index (χ3n) is 2.58. The minimum absolute atomic E-state index is 0.0535. The van der Waals surface area contributed by atoms with Gasteiger partial charge in [-0.2, -0.15) is 13.2 Å². The van der Waals surface area contributed by atoms with Gasteiger partial charge in [0.2, 0.25) is 0 Å². The molecule has 0 N–H and O–H groups in total. The normalized spacial score (nSPS) is 12.8. The van der Waals surface area contributed by atoms with Crippen LogP contribution in [-0.4, -0.2) is 18.8 Å². The minimum Gasteiger partial charge on any atom is -0.466 e. The summed E-state index contributed by atoms with van der Waals surface area (Å²) in [4.78, 5) is 11.6. The molecule has 0 heterocycles. The Kier molecular flexibility index (Phi) is 5.15. The summed E-state index contributed by atoms with van der Waals surface area (Å²) >= 11 is 0. The average Bonchev–Trinajstić information content (AvgIpc) is 2.35. The Hall–Kier alpha value is -1.78. The van der Waals surface area contributed by atoms with Crippen molar-refractivity contribution in [2.24, 2.45) is 0 Å². The van der Waals surface area contributed by atoms with Crippen LogP contribution in [0.4, 0.5) is 13.2 Å². The predicted octanol–water partition coefficient (Wildman–Crippen LogP) is 3.93. The predicted molar refractivity (Wildman–Crippen MR) is 66.6 cm³/mol. The second-order valence-electron chi connectivity index (χ2n) is 3.99. The Balaban J connectivity index is 3.00. The lowest BCUT2D eigenvalue weighted by Crippen LogP contribution is -2.22. The van der Waals surface area contributed by atoms with Gasteiger partial charge in [0.05, 0.1) is 18.9 Å². The minimum atomic E-state index is -4.42. The van der Waals surface area contributed by atoms with Gasteiger partial charge in [-0.3, -0.25) is 4.79 Å². The number of benzene rings is 1. The molecule has 0 aliphatic carbocycles. The zero-order valence-electron chi connectivity index (χ0n) is 10.5. The number of hydrogen-bond acceptors (Lipinski definition) is 2. The largest absolute Gasteiger partial charge is 0.466 e. The van der Waals surface area contributed by atoms with Gasteiger partial charge in [0, 0.05) is 0 Å². The first-order chi connectivity index (χ1) is 8.87. The van der Waals surface area contributed by atoms with Crippen LogP contribution in [0, 0.1) is 0 Å². The highest BCUT2D eigenvalue weighted by atomic mass is 19.4. The van der Waals surface area contributed by atoms with Gasteiger partial charge >= 0.3 is 12.1 Å². The molecule has 0 aliphatic heterocycles. The molecule has 0 saturated heterocycles. The Morgan fingerprint density at radius 1 is 1.37 bits per heavy atom. The molecule has 1 rings (SSSR count).